The predicted octanol–water partition coefficient (Wildman–Crippen LogP) is 3.12. The van der Waals surface area contributed by atoms with Crippen molar-refractivity contribution in [2.75, 3.05) is 0 Å². The van der Waals surface area contributed by atoms with Gasteiger partial charge in [0.1, 0.15) is 0 Å². The number of carbonyl (C=O) groups is 1. The summed E-state index contributed by atoms with van der Waals surface area (Å²) in [6, 6.07) is 7.82. The zero-order valence-corrected chi connectivity index (χ0v) is 9.32. The van der Waals surface area contributed by atoms with E-state index in [1.165, 1.54) is 0 Å². The highest BCUT2D eigenvalue weighted by molar-refractivity contribution is 5.92. The van der Waals surface area contributed by atoms with Crippen molar-refractivity contribution in [3.63, 3.8) is 0 Å². The summed E-state index contributed by atoms with van der Waals surface area (Å²) in [4.78, 5) is 11.0. The van der Waals surface area contributed by atoms with Crippen molar-refractivity contribution < 1.29 is 9.90 Å². The van der Waals surface area contributed by atoms with Crippen LogP contribution in [0.5, 0.6) is 0 Å². The first kappa shape index (κ1) is 11.5. The Hall–Kier alpha value is -1.57. The minimum atomic E-state index is -0.841. The Balaban J connectivity index is 3.08. The highest BCUT2D eigenvalue weighted by Gasteiger charge is 2.11. The first-order valence-electron chi connectivity index (χ1n) is 5.02. The number of aryl methyl sites for hydroxylation is 1. The lowest BCUT2D eigenvalue weighted by Gasteiger charge is -2.06. The summed E-state index contributed by atoms with van der Waals surface area (Å²) >= 11 is 0. The van der Waals surface area contributed by atoms with Crippen LogP contribution in [0.1, 0.15) is 25.0 Å². The smallest absolute Gasteiger partial charge is 0.331 e. The fourth-order valence-corrected chi connectivity index (χ4v) is 1.41. The topological polar surface area (TPSA) is 37.3 Å². The highest BCUT2D eigenvalue weighted by Crippen LogP contribution is 2.15. The van der Waals surface area contributed by atoms with Crippen molar-refractivity contribution >= 4 is 12.0 Å². The second kappa shape index (κ2) is 4.78. The van der Waals surface area contributed by atoms with Gasteiger partial charge < -0.3 is 5.11 Å². The average Bonchev–Trinajstić information content (AvgIpc) is 2.13. The summed E-state index contributed by atoms with van der Waals surface area (Å²) in [6.07, 6.45) is 1.74. The Morgan fingerprint density at radius 2 is 2.07 bits per heavy atom. The molecule has 1 N–H and O–H groups in total. The maximum atomic E-state index is 11.0. The molecule has 0 atom stereocenters. The molecule has 0 aromatic heterocycles. The maximum absolute atomic E-state index is 11.0. The predicted molar refractivity (Wildman–Crippen MR) is 61.6 cm³/mol. The van der Waals surface area contributed by atoms with Gasteiger partial charge in [-0.1, -0.05) is 43.7 Å². The average molecular weight is 204 g/mol. The van der Waals surface area contributed by atoms with Crippen molar-refractivity contribution in [1.82, 2.24) is 0 Å². The Labute approximate surface area is 90.3 Å². The molecule has 0 radical (unpaired) electrons. The van der Waals surface area contributed by atoms with Gasteiger partial charge in [0.25, 0.3) is 0 Å². The van der Waals surface area contributed by atoms with Gasteiger partial charge in [-0.25, -0.2) is 4.79 Å². The molecule has 0 saturated carbocycles. The van der Waals surface area contributed by atoms with E-state index in [1.54, 1.807) is 6.08 Å². The van der Waals surface area contributed by atoms with Gasteiger partial charge in [0.05, 0.1) is 0 Å². The molecule has 0 bridgehead atoms. The summed E-state index contributed by atoms with van der Waals surface area (Å²) in [7, 11) is 0. The third-order valence-corrected chi connectivity index (χ3v) is 2.23. The summed E-state index contributed by atoms with van der Waals surface area (Å²) in [5.41, 5.74) is 2.53. The second-order valence-corrected chi connectivity index (χ2v) is 3.97. The summed E-state index contributed by atoms with van der Waals surface area (Å²) in [5, 5.41) is 9.01. The van der Waals surface area contributed by atoms with Crippen LogP contribution < -0.4 is 0 Å². The normalized spacial score (nSPS) is 11.9. The van der Waals surface area contributed by atoms with E-state index in [1.807, 2.05) is 45.0 Å². The van der Waals surface area contributed by atoms with Crippen molar-refractivity contribution in [3.05, 3.63) is 41.0 Å². The molecule has 0 spiro atoms. The van der Waals surface area contributed by atoms with Crippen LogP contribution in [-0.4, -0.2) is 11.1 Å². The molecule has 0 aliphatic carbocycles. The van der Waals surface area contributed by atoms with E-state index in [-0.39, 0.29) is 5.92 Å². The van der Waals surface area contributed by atoms with Gasteiger partial charge in [-0.2, -0.15) is 0 Å². The molecule has 1 aromatic rings. The van der Waals surface area contributed by atoms with Crippen LogP contribution in [0, 0.1) is 12.8 Å². The monoisotopic (exact) mass is 204 g/mol. The van der Waals surface area contributed by atoms with Gasteiger partial charge in [-0.05, 0) is 24.5 Å². The van der Waals surface area contributed by atoms with Crippen molar-refractivity contribution in [2.45, 2.75) is 20.8 Å². The van der Waals surface area contributed by atoms with Gasteiger partial charge in [0.2, 0.25) is 0 Å². The van der Waals surface area contributed by atoms with E-state index in [2.05, 4.69) is 0 Å². The van der Waals surface area contributed by atoms with Crippen LogP contribution >= 0.6 is 0 Å². The largest absolute Gasteiger partial charge is 0.478 e. The molecule has 0 aliphatic rings. The Morgan fingerprint density at radius 3 is 2.53 bits per heavy atom. The molecule has 1 aromatic carbocycles. The quantitative estimate of drug-likeness (QED) is 0.768. The van der Waals surface area contributed by atoms with Crippen molar-refractivity contribution in [2.24, 2.45) is 5.92 Å². The Kier molecular flexibility index (Phi) is 3.67. The summed E-state index contributed by atoms with van der Waals surface area (Å²) in [6.45, 7) is 5.76. The molecular formula is C13H16O2. The Morgan fingerprint density at radius 1 is 1.40 bits per heavy atom. The standard InChI is InChI=1S/C13H16O2/c1-9(2)12(13(14)15)8-11-6-4-5-10(3)7-11/h4-9H,1-3H3,(H,14,15)/b12-8+. The van der Waals surface area contributed by atoms with Crippen LogP contribution in [0.4, 0.5) is 0 Å². The molecule has 0 amide bonds. The lowest BCUT2D eigenvalue weighted by molar-refractivity contribution is -0.133. The highest BCUT2D eigenvalue weighted by atomic mass is 16.4. The molecule has 0 fully saturated rings. The maximum Gasteiger partial charge on any atom is 0.331 e. The van der Waals surface area contributed by atoms with E-state index in [4.69, 9.17) is 5.11 Å². The van der Waals surface area contributed by atoms with Gasteiger partial charge in [-0.3, -0.25) is 0 Å². The number of carboxylic acids is 1. The minimum Gasteiger partial charge on any atom is -0.478 e. The first-order valence-corrected chi connectivity index (χ1v) is 5.02. The third kappa shape index (κ3) is 3.24. The van der Waals surface area contributed by atoms with Crippen molar-refractivity contribution in [3.8, 4) is 0 Å². The van der Waals surface area contributed by atoms with E-state index < -0.39 is 5.97 Å². The van der Waals surface area contributed by atoms with Crippen LogP contribution in [0.25, 0.3) is 6.08 Å². The molecular weight excluding hydrogens is 188 g/mol. The molecule has 0 unspecified atom stereocenters. The lowest BCUT2D eigenvalue weighted by atomic mass is 10.00. The lowest BCUT2D eigenvalue weighted by Crippen LogP contribution is -2.06. The summed E-state index contributed by atoms with van der Waals surface area (Å²) < 4.78 is 0. The zero-order chi connectivity index (χ0) is 11.4. The summed E-state index contributed by atoms with van der Waals surface area (Å²) in [5.74, 6) is -0.811. The number of benzene rings is 1. The number of hydrogen-bond donors (Lipinski definition) is 1. The first-order chi connectivity index (χ1) is 7.00. The van der Waals surface area contributed by atoms with Crippen LogP contribution in [0.3, 0.4) is 0 Å². The van der Waals surface area contributed by atoms with Crippen LogP contribution in [0.2, 0.25) is 0 Å². The number of carboxylic acid groups (broad SMARTS) is 1. The van der Waals surface area contributed by atoms with Gasteiger partial charge >= 0.3 is 5.97 Å². The number of hydrogen-bond acceptors (Lipinski definition) is 1. The SMILES string of the molecule is Cc1cccc(/C=C(/C(=O)O)C(C)C)c1. The Bertz CT molecular complexity index is 389. The molecule has 2 nitrogen and oxygen atoms in total. The number of rotatable bonds is 3. The molecule has 2 heteroatoms. The second-order valence-electron chi connectivity index (χ2n) is 3.97. The molecule has 0 saturated heterocycles. The van der Waals surface area contributed by atoms with E-state index in [0.717, 1.165) is 11.1 Å². The molecule has 0 heterocycles. The van der Waals surface area contributed by atoms with Gasteiger partial charge in [0.15, 0.2) is 0 Å². The molecule has 80 valence electrons. The van der Waals surface area contributed by atoms with E-state index >= 15 is 0 Å². The van der Waals surface area contributed by atoms with Gasteiger partial charge in [-0.15, -0.1) is 0 Å². The van der Waals surface area contributed by atoms with E-state index in [9.17, 15) is 4.79 Å². The zero-order valence-electron chi connectivity index (χ0n) is 9.32. The fraction of sp³-hybridized carbons (Fsp3) is 0.308. The molecule has 1 rings (SSSR count). The van der Waals surface area contributed by atoms with Crippen LogP contribution in [0.15, 0.2) is 29.8 Å². The molecule has 0 aliphatic heterocycles. The van der Waals surface area contributed by atoms with Gasteiger partial charge in [0, 0.05) is 5.57 Å². The third-order valence-electron chi connectivity index (χ3n) is 2.23. The van der Waals surface area contributed by atoms with Crippen molar-refractivity contribution in [1.29, 1.82) is 0 Å². The number of aliphatic carboxylic acids is 1. The van der Waals surface area contributed by atoms with E-state index in [0.29, 0.717) is 5.57 Å². The fourth-order valence-electron chi connectivity index (χ4n) is 1.41. The van der Waals surface area contributed by atoms with Crippen LogP contribution in [-0.2, 0) is 4.79 Å². The molecule has 15 heavy (non-hydrogen) atoms. The minimum absolute atomic E-state index is 0.0306.